The summed E-state index contributed by atoms with van der Waals surface area (Å²) in [6, 6.07) is 9.31. The molecule has 0 bridgehead atoms. The molecule has 1 atom stereocenters. The minimum absolute atomic E-state index is 0.198. The van der Waals surface area contributed by atoms with Gasteiger partial charge in [0.2, 0.25) is 0 Å². The van der Waals surface area contributed by atoms with Crippen molar-refractivity contribution in [1.82, 2.24) is 14.8 Å². The number of rotatable bonds is 6. The van der Waals surface area contributed by atoms with Crippen LogP contribution in [0.4, 0.5) is 4.39 Å². The molecule has 0 spiro atoms. The van der Waals surface area contributed by atoms with Crippen LogP contribution in [0, 0.1) is 5.82 Å². The molecule has 0 amide bonds. The first kappa shape index (κ1) is 19.0. The van der Waals surface area contributed by atoms with Gasteiger partial charge in [0.15, 0.2) is 0 Å². The Bertz CT molecular complexity index is 773. The van der Waals surface area contributed by atoms with Crippen LogP contribution in [0.1, 0.15) is 26.0 Å². The standard InChI is InChI=1S/C21H28FN3O/c1-16(2)8-10-25-12-11-24(15-19(25)9-13-26)14-18-7-6-17-4-3-5-20(22)21(17)23-18/h3-8,19,26H,9-15H2,1-2H3. The summed E-state index contributed by atoms with van der Waals surface area (Å²) in [5, 5.41) is 10.3. The van der Waals surface area contributed by atoms with Gasteiger partial charge >= 0.3 is 0 Å². The number of piperazine rings is 1. The molecule has 0 saturated carbocycles. The van der Waals surface area contributed by atoms with Gasteiger partial charge in [0.25, 0.3) is 0 Å². The smallest absolute Gasteiger partial charge is 0.149 e. The summed E-state index contributed by atoms with van der Waals surface area (Å²) in [4.78, 5) is 9.32. The summed E-state index contributed by atoms with van der Waals surface area (Å²) < 4.78 is 14.0. The van der Waals surface area contributed by atoms with Gasteiger partial charge in [-0.3, -0.25) is 9.80 Å². The zero-order valence-corrected chi connectivity index (χ0v) is 15.7. The minimum Gasteiger partial charge on any atom is -0.396 e. The van der Waals surface area contributed by atoms with Gasteiger partial charge in [0, 0.05) is 50.8 Å². The van der Waals surface area contributed by atoms with Gasteiger partial charge in [-0.05, 0) is 32.4 Å². The van der Waals surface area contributed by atoms with E-state index in [-0.39, 0.29) is 12.4 Å². The molecule has 1 N–H and O–H groups in total. The lowest BCUT2D eigenvalue weighted by Crippen LogP contribution is -2.53. The second-order valence-corrected chi connectivity index (χ2v) is 7.29. The van der Waals surface area contributed by atoms with Gasteiger partial charge < -0.3 is 5.11 Å². The van der Waals surface area contributed by atoms with Crippen LogP contribution in [0.2, 0.25) is 0 Å². The van der Waals surface area contributed by atoms with E-state index in [0.717, 1.165) is 43.7 Å². The molecule has 1 aromatic carbocycles. The molecule has 2 aromatic rings. The van der Waals surface area contributed by atoms with E-state index < -0.39 is 0 Å². The Hall–Kier alpha value is -1.82. The highest BCUT2D eigenvalue weighted by molar-refractivity contribution is 5.79. The summed E-state index contributed by atoms with van der Waals surface area (Å²) in [7, 11) is 0. The van der Waals surface area contributed by atoms with Crippen LogP contribution in [0.15, 0.2) is 42.0 Å². The maximum Gasteiger partial charge on any atom is 0.149 e. The fraction of sp³-hybridized carbons (Fsp3) is 0.476. The third-order valence-corrected chi connectivity index (χ3v) is 5.00. The van der Waals surface area contributed by atoms with Gasteiger partial charge in [0.05, 0.1) is 5.69 Å². The lowest BCUT2D eigenvalue weighted by atomic mass is 10.1. The SMILES string of the molecule is CC(C)=CCN1CCN(Cc2ccc3cccc(F)c3n2)CC1CCO. The molecule has 5 heteroatoms. The van der Waals surface area contributed by atoms with E-state index in [0.29, 0.717) is 18.1 Å². The molecule has 3 rings (SSSR count). The van der Waals surface area contributed by atoms with E-state index in [9.17, 15) is 9.50 Å². The predicted octanol–water partition coefficient (Wildman–Crippen LogP) is 3.21. The van der Waals surface area contributed by atoms with Gasteiger partial charge in [0.1, 0.15) is 11.3 Å². The van der Waals surface area contributed by atoms with E-state index in [2.05, 4.69) is 34.7 Å². The van der Waals surface area contributed by atoms with Crippen LogP contribution in [-0.2, 0) is 6.54 Å². The van der Waals surface area contributed by atoms with E-state index in [4.69, 9.17) is 0 Å². The number of para-hydroxylation sites is 1. The van der Waals surface area contributed by atoms with Crippen molar-refractivity contribution in [3.63, 3.8) is 0 Å². The Morgan fingerprint density at radius 2 is 2.12 bits per heavy atom. The molecule has 0 radical (unpaired) electrons. The highest BCUT2D eigenvalue weighted by atomic mass is 19.1. The molecular formula is C21H28FN3O. The van der Waals surface area contributed by atoms with Crippen molar-refractivity contribution in [2.24, 2.45) is 0 Å². The number of halogens is 1. The fourth-order valence-electron chi connectivity index (χ4n) is 3.53. The molecule has 140 valence electrons. The van der Waals surface area contributed by atoms with Gasteiger partial charge in [-0.15, -0.1) is 0 Å². The van der Waals surface area contributed by atoms with Crippen molar-refractivity contribution < 1.29 is 9.50 Å². The molecule has 1 unspecified atom stereocenters. The van der Waals surface area contributed by atoms with E-state index in [1.165, 1.54) is 11.6 Å². The van der Waals surface area contributed by atoms with E-state index in [1.807, 2.05) is 18.2 Å². The fourth-order valence-corrected chi connectivity index (χ4v) is 3.53. The summed E-state index contributed by atoms with van der Waals surface area (Å²) in [5.74, 6) is -0.269. The molecule has 1 fully saturated rings. The van der Waals surface area contributed by atoms with Gasteiger partial charge in [-0.25, -0.2) is 9.37 Å². The second kappa shape index (κ2) is 8.71. The molecule has 1 saturated heterocycles. The number of aliphatic hydroxyl groups excluding tert-OH is 1. The van der Waals surface area contributed by atoms with Crippen molar-refractivity contribution in [1.29, 1.82) is 0 Å². The van der Waals surface area contributed by atoms with Crippen molar-refractivity contribution in [3.05, 3.63) is 53.5 Å². The quantitative estimate of drug-likeness (QED) is 0.806. The molecule has 4 nitrogen and oxygen atoms in total. The molecule has 26 heavy (non-hydrogen) atoms. The van der Waals surface area contributed by atoms with Crippen LogP contribution < -0.4 is 0 Å². The molecule has 1 aliphatic heterocycles. The Labute approximate surface area is 154 Å². The van der Waals surface area contributed by atoms with Crippen LogP contribution in [0.5, 0.6) is 0 Å². The molecule has 1 aromatic heterocycles. The lowest BCUT2D eigenvalue weighted by molar-refractivity contribution is 0.0630. The highest BCUT2D eigenvalue weighted by Gasteiger charge is 2.26. The Morgan fingerprint density at radius 3 is 2.88 bits per heavy atom. The van der Waals surface area contributed by atoms with Crippen molar-refractivity contribution in [2.45, 2.75) is 32.9 Å². The minimum atomic E-state index is -0.269. The number of nitrogens with zero attached hydrogens (tertiary/aromatic N) is 3. The van der Waals surface area contributed by atoms with Crippen molar-refractivity contribution >= 4 is 10.9 Å². The first-order chi connectivity index (χ1) is 12.6. The Balaban J connectivity index is 1.69. The third kappa shape index (κ3) is 4.67. The maximum atomic E-state index is 14.0. The normalized spacial score (nSPS) is 19.0. The summed E-state index contributed by atoms with van der Waals surface area (Å²) >= 11 is 0. The van der Waals surface area contributed by atoms with Crippen LogP contribution in [0.25, 0.3) is 10.9 Å². The maximum absolute atomic E-state index is 14.0. The average molecular weight is 357 g/mol. The lowest BCUT2D eigenvalue weighted by Gasteiger charge is -2.41. The second-order valence-electron chi connectivity index (χ2n) is 7.29. The first-order valence-electron chi connectivity index (χ1n) is 9.31. The van der Waals surface area contributed by atoms with E-state index in [1.54, 1.807) is 6.07 Å². The number of fused-ring (bicyclic) bond motifs is 1. The number of aromatic nitrogens is 1. The zero-order valence-electron chi connectivity index (χ0n) is 15.7. The van der Waals surface area contributed by atoms with Gasteiger partial charge in [-0.2, -0.15) is 0 Å². The summed E-state index contributed by atoms with van der Waals surface area (Å²) in [6.07, 6.45) is 3.01. The summed E-state index contributed by atoms with van der Waals surface area (Å²) in [5.41, 5.74) is 2.65. The first-order valence-corrected chi connectivity index (χ1v) is 9.31. The van der Waals surface area contributed by atoms with Crippen LogP contribution in [0.3, 0.4) is 0 Å². The number of pyridine rings is 1. The van der Waals surface area contributed by atoms with E-state index >= 15 is 0 Å². The topological polar surface area (TPSA) is 39.6 Å². The average Bonchev–Trinajstić information content (AvgIpc) is 2.62. The van der Waals surface area contributed by atoms with Crippen molar-refractivity contribution in [2.75, 3.05) is 32.8 Å². The predicted molar refractivity (Wildman–Crippen MR) is 103 cm³/mol. The Kier molecular flexibility index (Phi) is 6.35. The molecule has 2 heterocycles. The number of allylic oxidation sites excluding steroid dienone is 1. The molecule has 0 aliphatic carbocycles. The van der Waals surface area contributed by atoms with Crippen LogP contribution >= 0.6 is 0 Å². The zero-order chi connectivity index (χ0) is 18.5. The number of aliphatic hydroxyl groups is 1. The van der Waals surface area contributed by atoms with Gasteiger partial charge in [-0.1, -0.05) is 29.8 Å². The molecular weight excluding hydrogens is 329 g/mol. The number of benzene rings is 1. The molecule has 1 aliphatic rings. The van der Waals surface area contributed by atoms with Crippen molar-refractivity contribution in [3.8, 4) is 0 Å². The van der Waals surface area contributed by atoms with Crippen LogP contribution in [-0.4, -0.2) is 58.7 Å². The number of hydrogen-bond donors (Lipinski definition) is 1. The highest BCUT2D eigenvalue weighted by Crippen LogP contribution is 2.19. The number of hydrogen-bond acceptors (Lipinski definition) is 4. The Morgan fingerprint density at radius 1 is 1.27 bits per heavy atom. The third-order valence-electron chi connectivity index (χ3n) is 5.00. The largest absolute Gasteiger partial charge is 0.396 e. The summed E-state index contributed by atoms with van der Waals surface area (Å²) in [6.45, 7) is 8.88. The monoisotopic (exact) mass is 357 g/mol.